The van der Waals surface area contributed by atoms with E-state index in [2.05, 4.69) is 31.6 Å². The zero-order valence-corrected chi connectivity index (χ0v) is 19.1. The summed E-state index contributed by atoms with van der Waals surface area (Å²) in [5.74, 6) is -1.95. The number of benzene rings is 1. The molecule has 2 amide bonds. The Balaban J connectivity index is 1.59. The van der Waals surface area contributed by atoms with Gasteiger partial charge in [0.15, 0.2) is 5.11 Å². The van der Waals surface area contributed by atoms with Gasteiger partial charge in [0.05, 0.1) is 11.1 Å². The fourth-order valence-corrected chi connectivity index (χ4v) is 3.30. The van der Waals surface area contributed by atoms with Crippen molar-refractivity contribution in [3.8, 4) is 11.4 Å². The number of thiophene rings is 1. The minimum atomic E-state index is -5.05. The lowest BCUT2D eigenvalue weighted by Gasteiger charge is -2.12. The highest BCUT2D eigenvalue weighted by Crippen LogP contribution is 2.37. The molecule has 0 atom stereocenters. The van der Waals surface area contributed by atoms with Crippen molar-refractivity contribution in [2.45, 2.75) is 18.9 Å². The van der Waals surface area contributed by atoms with Gasteiger partial charge in [-0.25, -0.2) is 0 Å². The first-order chi connectivity index (χ1) is 16.8. The van der Waals surface area contributed by atoms with Crippen LogP contribution in [0.3, 0.4) is 0 Å². The minimum Gasteiger partial charge on any atom is -0.298 e. The number of nitrogens with zero attached hydrogens (tertiary/aromatic N) is 4. The fourth-order valence-electron chi connectivity index (χ4n) is 2.53. The lowest BCUT2D eigenvalue weighted by Crippen LogP contribution is -2.49. The molecular formula is C19H13F6N7O2S2. The van der Waals surface area contributed by atoms with Crippen molar-refractivity contribution in [2.24, 2.45) is 0 Å². The molecule has 0 aliphatic rings. The summed E-state index contributed by atoms with van der Waals surface area (Å²) in [4.78, 5) is 25.3. The highest BCUT2D eigenvalue weighted by atomic mass is 32.1. The van der Waals surface area contributed by atoms with Gasteiger partial charge in [-0.2, -0.15) is 31.1 Å². The first-order valence-corrected chi connectivity index (χ1v) is 10.8. The van der Waals surface area contributed by atoms with Gasteiger partial charge >= 0.3 is 12.4 Å². The van der Waals surface area contributed by atoms with Gasteiger partial charge in [0.25, 0.3) is 5.91 Å². The van der Waals surface area contributed by atoms with Crippen LogP contribution in [0, 0.1) is 0 Å². The second-order valence-electron chi connectivity index (χ2n) is 6.78. The lowest BCUT2D eigenvalue weighted by molar-refractivity contribution is -0.143. The molecule has 3 rings (SSSR count). The van der Waals surface area contributed by atoms with E-state index in [4.69, 9.17) is 12.2 Å². The second kappa shape index (κ2) is 10.8. The number of amides is 2. The van der Waals surface area contributed by atoms with Crippen LogP contribution in [0.5, 0.6) is 0 Å². The van der Waals surface area contributed by atoms with Gasteiger partial charge in [0.2, 0.25) is 11.7 Å². The summed E-state index contributed by atoms with van der Waals surface area (Å²) in [6.07, 6.45) is -7.33. The molecule has 0 unspecified atom stereocenters. The molecule has 36 heavy (non-hydrogen) atoms. The van der Waals surface area contributed by atoms with E-state index in [0.29, 0.717) is 16.9 Å². The summed E-state index contributed by atoms with van der Waals surface area (Å²) < 4.78 is 78.2. The summed E-state index contributed by atoms with van der Waals surface area (Å²) in [6.45, 7) is -0.625. The van der Waals surface area contributed by atoms with Gasteiger partial charge in [0.1, 0.15) is 6.54 Å². The molecule has 9 nitrogen and oxygen atoms in total. The van der Waals surface area contributed by atoms with Gasteiger partial charge in [0, 0.05) is 16.5 Å². The molecule has 190 valence electrons. The number of thiocarbonyl (C=S) groups is 1. The smallest absolute Gasteiger partial charge is 0.298 e. The van der Waals surface area contributed by atoms with Crippen molar-refractivity contribution in [2.75, 3.05) is 0 Å². The molecule has 2 aromatic heterocycles. The predicted octanol–water partition coefficient (Wildman–Crippen LogP) is 3.17. The Bertz CT molecular complexity index is 1250. The third kappa shape index (κ3) is 7.57. The molecule has 0 spiro atoms. The Hall–Kier alpha value is -3.86. The standard InChI is InChI=1S/C19H13F6N7O2S2/c20-18(21,22)11-6-10(7-12(8-11)19(23,24)25)16-28-31-32(30-16)9-15(34)27-29-17(35)26-14(33)4-3-13-2-1-5-36-13/h1-8H,9H2,(H,27,34)(H2,26,29,33,35). The zero-order valence-electron chi connectivity index (χ0n) is 17.5. The van der Waals surface area contributed by atoms with E-state index in [9.17, 15) is 35.9 Å². The van der Waals surface area contributed by atoms with Crippen molar-refractivity contribution in [3.05, 3.63) is 57.8 Å². The highest BCUT2D eigenvalue weighted by Gasteiger charge is 2.37. The average Bonchev–Trinajstić information content (AvgIpc) is 3.47. The van der Waals surface area contributed by atoms with Gasteiger partial charge in [-0.05, 0) is 53.2 Å². The van der Waals surface area contributed by atoms with Crippen LogP contribution in [0.4, 0.5) is 26.3 Å². The summed E-state index contributed by atoms with van der Waals surface area (Å²) in [5.41, 5.74) is 0.668. The molecule has 0 bridgehead atoms. The van der Waals surface area contributed by atoms with Gasteiger partial charge in [-0.3, -0.25) is 25.8 Å². The number of aromatic nitrogens is 4. The molecule has 3 N–H and O–H groups in total. The number of halogens is 6. The number of carbonyl (C=O) groups is 2. The number of hydrazine groups is 1. The van der Waals surface area contributed by atoms with E-state index in [1.165, 1.54) is 17.4 Å². The van der Waals surface area contributed by atoms with Crippen LogP contribution in [0.15, 0.2) is 41.8 Å². The van der Waals surface area contributed by atoms with Crippen LogP contribution >= 0.6 is 23.6 Å². The Morgan fingerprint density at radius 2 is 1.72 bits per heavy atom. The van der Waals surface area contributed by atoms with Crippen molar-refractivity contribution in [1.82, 2.24) is 36.4 Å². The molecule has 1 aromatic carbocycles. The average molecular weight is 549 g/mol. The van der Waals surface area contributed by atoms with Crippen LogP contribution in [0.1, 0.15) is 16.0 Å². The predicted molar refractivity (Wildman–Crippen MR) is 119 cm³/mol. The minimum absolute atomic E-state index is 0.0350. The normalized spacial score (nSPS) is 11.9. The van der Waals surface area contributed by atoms with E-state index in [-0.39, 0.29) is 11.2 Å². The largest absolute Gasteiger partial charge is 0.416 e. The second-order valence-corrected chi connectivity index (χ2v) is 8.17. The summed E-state index contributed by atoms with van der Waals surface area (Å²) in [5, 5.41) is 14.4. The summed E-state index contributed by atoms with van der Waals surface area (Å²) in [6, 6.07) is 4.43. The van der Waals surface area contributed by atoms with E-state index < -0.39 is 53.2 Å². The molecule has 0 fully saturated rings. The molecule has 0 saturated carbocycles. The zero-order chi connectivity index (χ0) is 26.5. The molecule has 17 heteroatoms. The molecular weight excluding hydrogens is 536 g/mol. The van der Waals surface area contributed by atoms with E-state index >= 15 is 0 Å². The Kier molecular flexibility index (Phi) is 8.03. The van der Waals surface area contributed by atoms with Crippen molar-refractivity contribution >= 4 is 46.6 Å². The molecule has 0 radical (unpaired) electrons. The molecule has 0 aliphatic heterocycles. The first-order valence-electron chi connectivity index (χ1n) is 9.50. The van der Waals surface area contributed by atoms with E-state index in [1.54, 1.807) is 18.2 Å². The van der Waals surface area contributed by atoms with Crippen LogP contribution in [-0.4, -0.2) is 37.1 Å². The third-order valence-corrected chi connectivity index (χ3v) is 5.12. The van der Waals surface area contributed by atoms with Gasteiger partial charge < -0.3 is 0 Å². The van der Waals surface area contributed by atoms with E-state index in [0.717, 1.165) is 4.88 Å². The summed E-state index contributed by atoms with van der Waals surface area (Å²) >= 11 is 6.27. The van der Waals surface area contributed by atoms with Crippen LogP contribution < -0.4 is 16.2 Å². The topological polar surface area (TPSA) is 114 Å². The van der Waals surface area contributed by atoms with Crippen molar-refractivity contribution in [1.29, 1.82) is 0 Å². The van der Waals surface area contributed by atoms with Crippen LogP contribution in [-0.2, 0) is 28.5 Å². The first kappa shape index (κ1) is 26.7. The van der Waals surface area contributed by atoms with Gasteiger partial charge in [-0.15, -0.1) is 21.5 Å². The number of alkyl halides is 6. The maximum Gasteiger partial charge on any atom is 0.416 e. The number of carbonyl (C=O) groups excluding carboxylic acids is 2. The maximum absolute atomic E-state index is 13.0. The van der Waals surface area contributed by atoms with Crippen LogP contribution in [0.25, 0.3) is 17.5 Å². The molecule has 0 saturated heterocycles. The Morgan fingerprint density at radius 1 is 1.06 bits per heavy atom. The molecule has 0 aliphatic carbocycles. The van der Waals surface area contributed by atoms with Crippen molar-refractivity contribution < 1.29 is 35.9 Å². The van der Waals surface area contributed by atoms with E-state index in [1.807, 2.05) is 5.38 Å². The maximum atomic E-state index is 13.0. The Labute approximate surface area is 207 Å². The highest BCUT2D eigenvalue weighted by molar-refractivity contribution is 7.80. The number of nitrogens with one attached hydrogen (secondary N) is 3. The monoisotopic (exact) mass is 549 g/mol. The van der Waals surface area contributed by atoms with Crippen molar-refractivity contribution in [3.63, 3.8) is 0 Å². The lowest BCUT2D eigenvalue weighted by atomic mass is 10.0. The number of hydrogen-bond donors (Lipinski definition) is 3. The number of tetrazole rings is 1. The number of hydrogen-bond acceptors (Lipinski definition) is 7. The molecule has 3 aromatic rings. The quantitative estimate of drug-likeness (QED) is 0.194. The Morgan fingerprint density at radius 3 is 2.31 bits per heavy atom. The summed E-state index contributed by atoms with van der Waals surface area (Å²) in [7, 11) is 0. The molecule has 2 heterocycles. The SMILES string of the molecule is O=C(C=Cc1cccs1)NC(=S)NNC(=O)Cn1nnc(-c2cc(C(F)(F)F)cc(C(F)(F)F)c2)n1. The van der Waals surface area contributed by atoms with Gasteiger partial charge in [-0.1, -0.05) is 6.07 Å². The number of rotatable bonds is 5. The third-order valence-electron chi connectivity index (χ3n) is 4.08. The fraction of sp³-hybridized carbons (Fsp3) is 0.158. The van der Waals surface area contributed by atoms with Crippen LogP contribution in [0.2, 0.25) is 0 Å².